The molecule has 1 aliphatic heterocycles. The smallest absolute Gasteiger partial charge is 0.253 e. The number of rotatable bonds is 3. The zero-order valence-corrected chi connectivity index (χ0v) is 11.6. The van der Waals surface area contributed by atoms with Crippen molar-refractivity contribution >= 4 is 5.91 Å². The van der Waals surface area contributed by atoms with Crippen LogP contribution in [-0.4, -0.2) is 48.8 Å². The summed E-state index contributed by atoms with van der Waals surface area (Å²) in [5, 5.41) is 8.66. The van der Waals surface area contributed by atoms with E-state index in [1.807, 2.05) is 19.2 Å². The maximum atomic E-state index is 12.3. The quantitative estimate of drug-likeness (QED) is 0.844. The summed E-state index contributed by atoms with van der Waals surface area (Å²) < 4.78 is 5.31. The molecule has 0 radical (unpaired) electrons. The highest BCUT2D eigenvalue weighted by molar-refractivity contribution is 5.94. The van der Waals surface area contributed by atoms with E-state index in [9.17, 15) is 4.79 Å². The monoisotopic (exact) mass is 273 g/mol. The van der Waals surface area contributed by atoms with E-state index in [0.717, 1.165) is 18.6 Å². The van der Waals surface area contributed by atoms with Crippen LogP contribution in [0.3, 0.4) is 0 Å². The van der Waals surface area contributed by atoms with Crippen LogP contribution in [0.1, 0.15) is 28.8 Å². The predicted octanol–water partition coefficient (Wildman–Crippen LogP) is 1.28. The van der Waals surface area contributed by atoms with Gasteiger partial charge in [-0.15, -0.1) is 0 Å². The number of benzene rings is 1. The van der Waals surface area contributed by atoms with Crippen molar-refractivity contribution in [2.24, 2.45) is 0 Å². The summed E-state index contributed by atoms with van der Waals surface area (Å²) in [7, 11) is 1.82. The van der Waals surface area contributed by atoms with Gasteiger partial charge in [0.15, 0.2) is 0 Å². The van der Waals surface area contributed by atoms with Gasteiger partial charge in [-0.2, -0.15) is 0 Å². The number of carbonyl (C=O) groups is 1. The fourth-order valence-electron chi connectivity index (χ4n) is 2.11. The lowest BCUT2D eigenvalue weighted by Gasteiger charge is -2.23. The van der Waals surface area contributed by atoms with E-state index in [1.54, 1.807) is 17.0 Å². The number of ether oxygens (including phenoxy) is 1. The molecule has 0 bridgehead atoms. The van der Waals surface area contributed by atoms with Crippen LogP contribution in [0.5, 0.6) is 0 Å². The van der Waals surface area contributed by atoms with Crippen LogP contribution in [0.15, 0.2) is 24.3 Å². The van der Waals surface area contributed by atoms with Gasteiger partial charge in [-0.25, -0.2) is 0 Å². The van der Waals surface area contributed by atoms with Gasteiger partial charge in [-0.1, -0.05) is 11.8 Å². The first-order chi connectivity index (χ1) is 9.72. The van der Waals surface area contributed by atoms with Gasteiger partial charge in [-0.3, -0.25) is 4.79 Å². The van der Waals surface area contributed by atoms with E-state index in [1.165, 1.54) is 0 Å². The first-order valence-corrected chi connectivity index (χ1v) is 6.77. The molecule has 4 heteroatoms. The molecule has 1 saturated heterocycles. The van der Waals surface area contributed by atoms with Gasteiger partial charge in [0.05, 0.1) is 19.3 Å². The molecule has 1 fully saturated rings. The minimum atomic E-state index is 0.00960. The van der Waals surface area contributed by atoms with Crippen molar-refractivity contribution in [3.05, 3.63) is 35.4 Å². The SMILES string of the molecule is CN(C(=O)c1ccc(C#CCCO)cc1)C1CCOC1. The Kier molecular flexibility index (Phi) is 5.16. The van der Waals surface area contributed by atoms with Crippen LogP contribution in [-0.2, 0) is 4.74 Å². The minimum Gasteiger partial charge on any atom is -0.395 e. The highest BCUT2D eigenvalue weighted by Crippen LogP contribution is 2.14. The average molecular weight is 273 g/mol. The second-order valence-electron chi connectivity index (χ2n) is 4.79. The summed E-state index contributed by atoms with van der Waals surface area (Å²) in [5.41, 5.74) is 1.51. The van der Waals surface area contributed by atoms with Crippen molar-refractivity contribution in [1.29, 1.82) is 0 Å². The van der Waals surface area contributed by atoms with E-state index >= 15 is 0 Å². The summed E-state index contributed by atoms with van der Waals surface area (Å²) in [5.74, 6) is 5.81. The first kappa shape index (κ1) is 14.6. The van der Waals surface area contributed by atoms with Gasteiger partial charge in [0.2, 0.25) is 0 Å². The number of carbonyl (C=O) groups excluding carboxylic acids is 1. The van der Waals surface area contributed by atoms with E-state index in [0.29, 0.717) is 18.6 Å². The molecule has 1 heterocycles. The third-order valence-corrected chi connectivity index (χ3v) is 3.38. The Morgan fingerprint density at radius 1 is 1.45 bits per heavy atom. The summed E-state index contributed by atoms with van der Waals surface area (Å²) in [6.45, 7) is 1.41. The molecule has 0 spiro atoms. The van der Waals surface area contributed by atoms with E-state index in [4.69, 9.17) is 9.84 Å². The van der Waals surface area contributed by atoms with Crippen LogP contribution in [0.25, 0.3) is 0 Å². The molecular weight excluding hydrogens is 254 g/mol. The van der Waals surface area contributed by atoms with Crippen molar-refractivity contribution in [3.63, 3.8) is 0 Å². The molecule has 1 aromatic rings. The zero-order valence-electron chi connectivity index (χ0n) is 11.6. The van der Waals surface area contributed by atoms with Gasteiger partial charge >= 0.3 is 0 Å². The molecular formula is C16H19NO3. The molecule has 106 valence electrons. The molecule has 1 aliphatic rings. The Balaban J connectivity index is 2.02. The van der Waals surface area contributed by atoms with Crippen molar-refractivity contribution < 1.29 is 14.6 Å². The Hall–Kier alpha value is -1.83. The Morgan fingerprint density at radius 2 is 2.20 bits per heavy atom. The van der Waals surface area contributed by atoms with Crippen molar-refractivity contribution in [2.45, 2.75) is 18.9 Å². The molecule has 0 aliphatic carbocycles. The molecule has 4 nitrogen and oxygen atoms in total. The lowest BCUT2D eigenvalue weighted by Crippen LogP contribution is -2.37. The van der Waals surface area contributed by atoms with Gasteiger partial charge < -0.3 is 14.7 Å². The largest absolute Gasteiger partial charge is 0.395 e. The summed E-state index contributed by atoms with van der Waals surface area (Å²) in [6, 6.07) is 7.41. The Labute approximate surface area is 119 Å². The van der Waals surface area contributed by atoms with Crippen LogP contribution in [0.4, 0.5) is 0 Å². The van der Waals surface area contributed by atoms with E-state index in [-0.39, 0.29) is 18.6 Å². The standard InChI is InChI=1S/C16H19NO3/c1-17(15-9-11-20-12-15)16(19)14-7-5-13(6-8-14)4-2-3-10-18/h5-8,15,18H,3,9-12H2,1H3. The Morgan fingerprint density at radius 3 is 2.80 bits per heavy atom. The average Bonchev–Trinajstić information content (AvgIpc) is 3.01. The molecule has 0 aromatic heterocycles. The molecule has 0 saturated carbocycles. The molecule has 1 atom stereocenters. The Bertz CT molecular complexity index is 507. The summed E-state index contributed by atoms with van der Waals surface area (Å²) >= 11 is 0. The fourth-order valence-corrected chi connectivity index (χ4v) is 2.11. The van der Waals surface area contributed by atoms with Crippen molar-refractivity contribution in [1.82, 2.24) is 4.90 Å². The number of likely N-dealkylation sites (N-methyl/N-ethyl adjacent to an activating group) is 1. The topological polar surface area (TPSA) is 49.8 Å². The van der Waals surface area contributed by atoms with Gasteiger partial charge in [0.25, 0.3) is 5.91 Å². The second kappa shape index (κ2) is 7.09. The fraction of sp³-hybridized carbons (Fsp3) is 0.438. The molecule has 1 N–H and O–H groups in total. The minimum absolute atomic E-state index is 0.00960. The van der Waals surface area contributed by atoms with Crippen LogP contribution < -0.4 is 0 Å². The zero-order chi connectivity index (χ0) is 14.4. The highest BCUT2D eigenvalue weighted by Gasteiger charge is 2.24. The highest BCUT2D eigenvalue weighted by atomic mass is 16.5. The molecule has 2 rings (SSSR count). The van der Waals surface area contributed by atoms with Crippen molar-refractivity contribution in [3.8, 4) is 11.8 Å². The van der Waals surface area contributed by atoms with Crippen LogP contribution >= 0.6 is 0 Å². The van der Waals surface area contributed by atoms with Crippen LogP contribution in [0.2, 0.25) is 0 Å². The van der Waals surface area contributed by atoms with Gasteiger partial charge in [0.1, 0.15) is 0 Å². The number of amides is 1. The van der Waals surface area contributed by atoms with E-state index in [2.05, 4.69) is 11.8 Å². The second-order valence-corrected chi connectivity index (χ2v) is 4.79. The van der Waals surface area contributed by atoms with Gasteiger partial charge in [0, 0.05) is 31.2 Å². The van der Waals surface area contributed by atoms with E-state index < -0.39 is 0 Å². The third kappa shape index (κ3) is 3.60. The summed E-state index contributed by atoms with van der Waals surface area (Å²) in [4.78, 5) is 14.1. The number of nitrogens with zero attached hydrogens (tertiary/aromatic N) is 1. The maximum Gasteiger partial charge on any atom is 0.253 e. The van der Waals surface area contributed by atoms with Crippen LogP contribution in [0, 0.1) is 11.8 Å². The molecule has 1 aromatic carbocycles. The lowest BCUT2D eigenvalue weighted by molar-refractivity contribution is 0.0711. The normalized spacial score (nSPS) is 17.4. The third-order valence-electron chi connectivity index (χ3n) is 3.38. The molecule has 20 heavy (non-hydrogen) atoms. The molecule has 1 amide bonds. The number of aliphatic hydroxyl groups is 1. The number of aliphatic hydroxyl groups excluding tert-OH is 1. The predicted molar refractivity (Wildman–Crippen MR) is 76.3 cm³/mol. The van der Waals surface area contributed by atoms with Crippen molar-refractivity contribution in [2.75, 3.05) is 26.9 Å². The molecule has 1 unspecified atom stereocenters. The van der Waals surface area contributed by atoms with Gasteiger partial charge in [-0.05, 0) is 30.7 Å². The maximum absolute atomic E-state index is 12.3. The first-order valence-electron chi connectivity index (χ1n) is 6.77. The summed E-state index contributed by atoms with van der Waals surface area (Å²) in [6.07, 6.45) is 1.36. The number of hydrogen-bond donors (Lipinski definition) is 1. The lowest BCUT2D eigenvalue weighted by atomic mass is 10.1. The number of hydrogen-bond acceptors (Lipinski definition) is 3.